The van der Waals surface area contributed by atoms with Crippen LogP contribution in [0, 0.1) is 11.3 Å². The number of benzene rings is 3. The Kier molecular flexibility index (Phi) is 8.34. The van der Waals surface area contributed by atoms with E-state index in [-0.39, 0.29) is 6.03 Å². The van der Waals surface area contributed by atoms with Crippen molar-refractivity contribution in [1.29, 1.82) is 5.26 Å². The van der Waals surface area contributed by atoms with Gasteiger partial charge in [0, 0.05) is 73.7 Å². The first-order valence-electron chi connectivity index (χ1n) is 14.3. The van der Waals surface area contributed by atoms with E-state index in [1.165, 1.54) is 0 Å². The summed E-state index contributed by atoms with van der Waals surface area (Å²) >= 11 is 0. The molecule has 1 fully saturated rings. The Hall–Kier alpha value is -5.47. The molecule has 0 bridgehead atoms. The molecule has 1 saturated heterocycles. The quantitative estimate of drug-likeness (QED) is 0.207. The van der Waals surface area contributed by atoms with E-state index in [1.807, 2.05) is 66.9 Å². The summed E-state index contributed by atoms with van der Waals surface area (Å²) in [6.07, 6.45) is 3.41. The number of carbonyl (C=O) groups is 1. The molecule has 1 aliphatic rings. The van der Waals surface area contributed by atoms with Crippen LogP contribution in [0.4, 0.5) is 16.2 Å². The van der Waals surface area contributed by atoms with Crippen molar-refractivity contribution in [2.24, 2.45) is 0 Å². The molecular formula is C33H32N6O5. The minimum atomic E-state index is -0.186. The molecule has 3 heterocycles. The molecule has 5 aromatic rings. The summed E-state index contributed by atoms with van der Waals surface area (Å²) in [4.78, 5) is 24.7. The third kappa shape index (κ3) is 5.88. The summed E-state index contributed by atoms with van der Waals surface area (Å²) in [7, 11) is 3.19. The number of para-hydroxylation sites is 1. The highest BCUT2D eigenvalue weighted by molar-refractivity contribution is 5.97. The number of urea groups is 1. The van der Waals surface area contributed by atoms with Gasteiger partial charge in [-0.1, -0.05) is 12.1 Å². The van der Waals surface area contributed by atoms with Crippen molar-refractivity contribution in [2.45, 2.75) is 0 Å². The molecule has 11 heteroatoms. The van der Waals surface area contributed by atoms with Gasteiger partial charge in [0.05, 0.1) is 30.5 Å². The van der Waals surface area contributed by atoms with Gasteiger partial charge in [-0.2, -0.15) is 5.26 Å². The highest BCUT2D eigenvalue weighted by atomic mass is 16.5. The van der Waals surface area contributed by atoms with E-state index in [1.54, 1.807) is 25.3 Å². The van der Waals surface area contributed by atoms with Gasteiger partial charge < -0.3 is 39.0 Å². The van der Waals surface area contributed by atoms with Crippen LogP contribution in [0.3, 0.4) is 0 Å². The van der Waals surface area contributed by atoms with Crippen LogP contribution in [0.1, 0.15) is 5.56 Å². The van der Waals surface area contributed by atoms with Gasteiger partial charge in [-0.05, 0) is 42.5 Å². The second-order valence-corrected chi connectivity index (χ2v) is 10.2. The topological polar surface area (TPSA) is 125 Å². The van der Waals surface area contributed by atoms with Crippen LogP contribution >= 0.6 is 0 Å². The molecular weight excluding hydrogens is 560 g/mol. The molecule has 2 aromatic heterocycles. The number of methoxy groups -OCH3 is 2. The van der Waals surface area contributed by atoms with E-state index in [2.05, 4.69) is 26.3 Å². The number of fused-ring (bicyclic) bond motifs is 2. The SMILES string of the molecule is COCCOc1cc2ncc(C#N)c(N3CCN(C(=O)Nc4ccc(Oc5c[nH]c6ccccc56)cc4)CC3)c2cc1OC. The number of amides is 2. The molecule has 11 nitrogen and oxygen atoms in total. The fraction of sp³-hybridized carbons (Fsp3) is 0.242. The van der Waals surface area contributed by atoms with Crippen LogP contribution < -0.4 is 24.4 Å². The van der Waals surface area contributed by atoms with Gasteiger partial charge in [-0.25, -0.2) is 4.79 Å². The number of H-pyrrole nitrogens is 1. The average molecular weight is 593 g/mol. The molecule has 0 atom stereocenters. The number of piperazine rings is 1. The first kappa shape index (κ1) is 28.6. The number of aromatic amines is 1. The smallest absolute Gasteiger partial charge is 0.321 e. The van der Waals surface area contributed by atoms with E-state index < -0.39 is 0 Å². The van der Waals surface area contributed by atoms with Crippen molar-refractivity contribution in [1.82, 2.24) is 14.9 Å². The lowest BCUT2D eigenvalue weighted by atomic mass is 10.1. The van der Waals surface area contributed by atoms with Crippen molar-refractivity contribution in [3.8, 4) is 29.1 Å². The number of ether oxygens (including phenoxy) is 4. The third-order valence-corrected chi connectivity index (χ3v) is 7.56. The van der Waals surface area contributed by atoms with Gasteiger partial charge in [0.25, 0.3) is 0 Å². The Morgan fingerprint density at radius 1 is 0.977 bits per heavy atom. The van der Waals surface area contributed by atoms with Gasteiger partial charge in [0.2, 0.25) is 0 Å². The van der Waals surface area contributed by atoms with Gasteiger partial charge in [0.1, 0.15) is 18.4 Å². The van der Waals surface area contributed by atoms with Crippen molar-refractivity contribution >= 4 is 39.2 Å². The zero-order valence-corrected chi connectivity index (χ0v) is 24.5. The van der Waals surface area contributed by atoms with Gasteiger partial charge in [-0.3, -0.25) is 4.98 Å². The summed E-state index contributed by atoms with van der Waals surface area (Å²) in [5.41, 5.74) is 3.59. The molecule has 0 radical (unpaired) electrons. The number of anilines is 2. The minimum Gasteiger partial charge on any atom is -0.493 e. The lowest BCUT2D eigenvalue weighted by Gasteiger charge is -2.36. The van der Waals surface area contributed by atoms with Gasteiger partial charge >= 0.3 is 6.03 Å². The standard InChI is InChI=1S/C33H32N6O5/c1-41-15-16-43-30-18-28-26(17-29(30)42-2)32(22(19-34)20-35-28)38-11-13-39(14-12-38)33(40)37-23-7-9-24(10-8-23)44-31-21-36-27-6-4-3-5-25(27)31/h3-10,17-18,20-21,36H,11-16H2,1-2H3,(H,37,40). The largest absolute Gasteiger partial charge is 0.493 e. The molecule has 3 aromatic carbocycles. The summed E-state index contributed by atoms with van der Waals surface area (Å²) in [5, 5.41) is 14.7. The van der Waals surface area contributed by atoms with Crippen molar-refractivity contribution < 1.29 is 23.7 Å². The molecule has 0 unspecified atom stereocenters. The molecule has 1 aliphatic heterocycles. The molecule has 44 heavy (non-hydrogen) atoms. The second-order valence-electron chi connectivity index (χ2n) is 10.2. The number of hydrogen-bond acceptors (Lipinski definition) is 8. The minimum absolute atomic E-state index is 0.186. The predicted molar refractivity (Wildman–Crippen MR) is 168 cm³/mol. The molecule has 0 spiro atoms. The van der Waals surface area contributed by atoms with Crippen LogP contribution in [0.5, 0.6) is 23.0 Å². The van der Waals surface area contributed by atoms with E-state index in [0.717, 1.165) is 27.7 Å². The molecule has 0 aliphatic carbocycles. The lowest BCUT2D eigenvalue weighted by molar-refractivity contribution is 0.144. The number of rotatable bonds is 9. The number of nitriles is 1. The second kappa shape index (κ2) is 12.8. The van der Waals surface area contributed by atoms with Crippen molar-refractivity contribution in [3.05, 3.63) is 78.6 Å². The van der Waals surface area contributed by atoms with Crippen molar-refractivity contribution in [3.63, 3.8) is 0 Å². The van der Waals surface area contributed by atoms with E-state index in [4.69, 9.17) is 18.9 Å². The normalized spacial score (nSPS) is 13.1. The summed E-state index contributed by atoms with van der Waals surface area (Å²) in [5.74, 6) is 2.51. The van der Waals surface area contributed by atoms with Crippen LogP contribution in [-0.4, -0.2) is 74.5 Å². The molecule has 2 amide bonds. The first-order valence-corrected chi connectivity index (χ1v) is 14.3. The Morgan fingerprint density at radius 3 is 2.52 bits per heavy atom. The van der Waals surface area contributed by atoms with Gasteiger partial charge in [-0.15, -0.1) is 0 Å². The van der Waals surface area contributed by atoms with Gasteiger partial charge in [0.15, 0.2) is 17.2 Å². The van der Waals surface area contributed by atoms with Crippen LogP contribution in [0.2, 0.25) is 0 Å². The summed E-state index contributed by atoms with van der Waals surface area (Å²) in [6.45, 7) is 2.88. The number of nitrogens with zero attached hydrogens (tertiary/aromatic N) is 4. The zero-order chi connectivity index (χ0) is 30.5. The maximum absolute atomic E-state index is 13.1. The number of hydrogen-bond donors (Lipinski definition) is 2. The highest BCUT2D eigenvalue weighted by Crippen LogP contribution is 2.38. The first-order chi connectivity index (χ1) is 21.6. The number of nitrogens with one attached hydrogen (secondary N) is 2. The lowest BCUT2D eigenvalue weighted by Crippen LogP contribution is -2.50. The van der Waals surface area contributed by atoms with E-state index >= 15 is 0 Å². The van der Waals surface area contributed by atoms with Crippen LogP contribution in [0.15, 0.2) is 73.1 Å². The van der Waals surface area contributed by atoms with Crippen molar-refractivity contribution in [2.75, 3.05) is 63.8 Å². The monoisotopic (exact) mass is 592 g/mol. The molecule has 6 rings (SSSR count). The third-order valence-electron chi connectivity index (χ3n) is 7.56. The van der Waals surface area contributed by atoms with E-state index in [9.17, 15) is 10.1 Å². The number of pyridine rings is 1. The predicted octanol–water partition coefficient (Wildman–Crippen LogP) is 5.77. The Labute approximate surface area is 254 Å². The molecule has 0 saturated carbocycles. The van der Waals surface area contributed by atoms with Crippen LogP contribution in [0.25, 0.3) is 21.8 Å². The Morgan fingerprint density at radius 2 is 1.77 bits per heavy atom. The average Bonchev–Trinajstić information content (AvgIpc) is 3.47. The van der Waals surface area contributed by atoms with E-state index in [0.29, 0.717) is 73.4 Å². The fourth-order valence-electron chi connectivity index (χ4n) is 5.31. The zero-order valence-electron chi connectivity index (χ0n) is 24.5. The summed E-state index contributed by atoms with van der Waals surface area (Å²) < 4.78 is 22.5. The van der Waals surface area contributed by atoms with Crippen LogP contribution in [-0.2, 0) is 4.74 Å². The summed E-state index contributed by atoms with van der Waals surface area (Å²) in [6, 6.07) is 21.0. The highest BCUT2D eigenvalue weighted by Gasteiger charge is 2.25. The number of carbonyl (C=O) groups excluding carboxylic acids is 1. The maximum atomic E-state index is 13.1. The molecule has 2 N–H and O–H groups in total. The Bertz CT molecular complexity index is 1820. The molecule has 224 valence electrons. The number of aromatic nitrogens is 2. The fourth-order valence-corrected chi connectivity index (χ4v) is 5.31. The maximum Gasteiger partial charge on any atom is 0.321 e. The Balaban J connectivity index is 1.11.